The third-order valence-corrected chi connectivity index (χ3v) is 5.33. The molecule has 0 unspecified atom stereocenters. The summed E-state index contributed by atoms with van der Waals surface area (Å²) in [4.78, 5) is 0.140. The Morgan fingerprint density at radius 3 is 2.36 bits per heavy atom. The fourth-order valence-corrected chi connectivity index (χ4v) is 3.89. The molecule has 3 N–H and O–H groups in total. The Balaban J connectivity index is 2.99. The van der Waals surface area contributed by atoms with E-state index in [0.717, 1.165) is 19.3 Å². The number of rotatable bonds is 10. The molecule has 0 radical (unpaired) electrons. The summed E-state index contributed by atoms with van der Waals surface area (Å²) in [5, 5.41) is 15.2. The second kappa shape index (κ2) is 9.28. The molecule has 1 aromatic rings. The van der Waals surface area contributed by atoms with Gasteiger partial charge in [0, 0.05) is 5.92 Å². The Kier molecular flexibility index (Phi) is 8.07. The van der Waals surface area contributed by atoms with E-state index in [1.165, 1.54) is 25.3 Å². The van der Waals surface area contributed by atoms with Crippen molar-refractivity contribution in [3.05, 3.63) is 29.8 Å². The lowest BCUT2D eigenvalue weighted by molar-refractivity contribution is 0.211. The minimum absolute atomic E-state index is 0.0567. The lowest BCUT2D eigenvalue weighted by Crippen LogP contribution is -2.22. The van der Waals surface area contributed by atoms with Crippen molar-refractivity contribution in [3.63, 3.8) is 0 Å². The smallest absolute Gasteiger partial charge is 0.238 e. The molecule has 5 heteroatoms. The normalized spacial score (nSPS) is 14.7. The van der Waals surface area contributed by atoms with E-state index in [4.69, 9.17) is 5.14 Å². The first kappa shape index (κ1) is 19.1. The average Bonchev–Trinajstić information content (AvgIpc) is 2.49. The van der Waals surface area contributed by atoms with Crippen LogP contribution in [0.2, 0.25) is 0 Å². The molecule has 0 aliphatic heterocycles. The van der Waals surface area contributed by atoms with Crippen molar-refractivity contribution >= 4 is 10.0 Å². The SMILES string of the molecule is CCCCCC[C@@H](CC)[C@H](CO)c1ccccc1S(N)(=O)=O. The zero-order valence-electron chi connectivity index (χ0n) is 13.7. The van der Waals surface area contributed by atoms with Crippen molar-refractivity contribution in [3.8, 4) is 0 Å². The minimum Gasteiger partial charge on any atom is -0.396 e. The van der Waals surface area contributed by atoms with Crippen LogP contribution in [0.5, 0.6) is 0 Å². The number of sulfonamides is 1. The van der Waals surface area contributed by atoms with Crippen molar-refractivity contribution in [1.82, 2.24) is 0 Å². The molecule has 0 bridgehead atoms. The molecule has 0 spiro atoms. The van der Waals surface area contributed by atoms with Crippen LogP contribution in [-0.2, 0) is 10.0 Å². The Bertz CT molecular complexity index is 543. The van der Waals surface area contributed by atoms with Crippen LogP contribution in [0.4, 0.5) is 0 Å². The molecule has 1 aromatic carbocycles. The van der Waals surface area contributed by atoms with E-state index in [1.807, 2.05) is 0 Å². The van der Waals surface area contributed by atoms with Crippen LogP contribution in [0.25, 0.3) is 0 Å². The van der Waals surface area contributed by atoms with Crippen molar-refractivity contribution < 1.29 is 13.5 Å². The summed E-state index contributed by atoms with van der Waals surface area (Å²) in [6.07, 6.45) is 6.61. The Morgan fingerprint density at radius 1 is 1.14 bits per heavy atom. The van der Waals surface area contributed by atoms with Gasteiger partial charge in [-0.3, -0.25) is 0 Å². The first-order valence-electron chi connectivity index (χ1n) is 8.18. The number of hydrogen-bond acceptors (Lipinski definition) is 3. The van der Waals surface area contributed by atoms with E-state index in [-0.39, 0.29) is 23.3 Å². The zero-order chi connectivity index (χ0) is 16.6. The zero-order valence-corrected chi connectivity index (χ0v) is 14.5. The number of hydrogen-bond donors (Lipinski definition) is 2. The van der Waals surface area contributed by atoms with Gasteiger partial charge in [0.25, 0.3) is 0 Å². The maximum atomic E-state index is 11.8. The highest BCUT2D eigenvalue weighted by molar-refractivity contribution is 7.89. The molecule has 22 heavy (non-hydrogen) atoms. The predicted molar refractivity (Wildman–Crippen MR) is 90.2 cm³/mol. The van der Waals surface area contributed by atoms with Crippen LogP contribution < -0.4 is 5.14 Å². The van der Waals surface area contributed by atoms with Crippen LogP contribution in [0.3, 0.4) is 0 Å². The molecule has 0 saturated carbocycles. The largest absolute Gasteiger partial charge is 0.396 e. The van der Waals surface area contributed by atoms with Gasteiger partial charge >= 0.3 is 0 Å². The molecule has 0 aromatic heterocycles. The molecule has 0 saturated heterocycles. The molecule has 0 aliphatic carbocycles. The van der Waals surface area contributed by atoms with Gasteiger partial charge in [0.05, 0.1) is 11.5 Å². The number of aliphatic hydroxyl groups is 1. The van der Waals surface area contributed by atoms with Crippen LogP contribution in [0, 0.1) is 5.92 Å². The van der Waals surface area contributed by atoms with E-state index in [9.17, 15) is 13.5 Å². The number of unbranched alkanes of at least 4 members (excludes halogenated alkanes) is 3. The van der Waals surface area contributed by atoms with E-state index in [1.54, 1.807) is 18.2 Å². The highest BCUT2D eigenvalue weighted by Crippen LogP contribution is 2.34. The second-order valence-electron chi connectivity index (χ2n) is 5.89. The molecule has 0 heterocycles. The van der Waals surface area contributed by atoms with Gasteiger partial charge in [-0.05, 0) is 24.0 Å². The van der Waals surface area contributed by atoms with Gasteiger partial charge in [-0.1, -0.05) is 64.2 Å². The fraction of sp³-hybridized carbons (Fsp3) is 0.647. The Hall–Kier alpha value is -0.910. The number of nitrogens with two attached hydrogens (primary N) is 1. The average molecular weight is 327 g/mol. The van der Waals surface area contributed by atoms with Gasteiger partial charge in [-0.2, -0.15) is 0 Å². The Morgan fingerprint density at radius 2 is 1.82 bits per heavy atom. The molecular formula is C17H29NO3S. The third kappa shape index (κ3) is 5.38. The quantitative estimate of drug-likeness (QED) is 0.646. The first-order chi connectivity index (χ1) is 10.5. The molecule has 0 amide bonds. The minimum atomic E-state index is -3.77. The van der Waals surface area contributed by atoms with Crippen molar-refractivity contribution in [2.24, 2.45) is 11.1 Å². The van der Waals surface area contributed by atoms with Gasteiger partial charge in [-0.25, -0.2) is 13.6 Å². The number of aliphatic hydroxyl groups excluding tert-OH is 1. The maximum absolute atomic E-state index is 11.8. The highest BCUT2D eigenvalue weighted by atomic mass is 32.2. The van der Waals surface area contributed by atoms with Gasteiger partial charge in [0.2, 0.25) is 10.0 Å². The highest BCUT2D eigenvalue weighted by Gasteiger charge is 2.26. The summed E-state index contributed by atoms with van der Waals surface area (Å²) in [7, 11) is -3.77. The molecular weight excluding hydrogens is 298 g/mol. The Labute approximate surface area is 134 Å². The molecule has 2 atom stereocenters. The van der Waals surface area contributed by atoms with Gasteiger partial charge in [0.15, 0.2) is 0 Å². The standard InChI is InChI=1S/C17H29NO3S/c1-3-5-6-7-10-14(4-2)16(13-19)15-11-8-9-12-17(15)22(18,20)21/h8-9,11-12,14,16,19H,3-7,10,13H2,1-2H3,(H2,18,20,21)/t14-,16+/m1/s1. The fourth-order valence-electron chi connectivity index (χ4n) is 3.07. The summed E-state index contributed by atoms with van der Waals surface area (Å²) in [5.41, 5.74) is 0.648. The topological polar surface area (TPSA) is 80.4 Å². The van der Waals surface area contributed by atoms with Gasteiger partial charge in [0.1, 0.15) is 0 Å². The second-order valence-corrected chi connectivity index (χ2v) is 7.42. The predicted octanol–water partition coefficient (Wildman–Crippen LogP) is 3.41. The molecule has 4 nitrogen and oxygen atoms in total. The van der Waals surface area contributed by atoms with E-state index >= 15 is 0 Å². The maximum Gasteiger partial charge on any atom is 0.238 e. The van der Waals surface area contributed by atoms with Crippen LogP contribution in [0.1, 0.15) is 63.9 Å². The lowest BCUT2D eigenvalue weighted by Gasteiger charge is -2.26. The summed E-state index contributed by atoms with van der Waals surface area (Å²) >= 11 is 0. The number of benzene rings is 1. The number of primary sulfonamides is 1. The summed E-state index contributed by atoms with van der Waals surface area (Å²) in [6.45, 7) is 4.21. The summed E-state index contributed by atoms with van der Waals surface area (Å²) < 4.78 is 23.6. The van der Waals surface area contributed by atoms with Crippen LogP contribution in [-0.4, -0.2) is 20.1 Å². The molecule has 126 valence electrons. The van der Waals surface area contributed by atoms with Crippen molar-refractivity contribution in [2.75, 3.05) is 6.61 Å². The third-order valence-electron chi connectivity index (χ3n) is 4.34. The van der Waals surface area contributed by atoms with Crippen LogP contribution >= 0.6 is 0 Å². The lowest BCUT2D eigenvalue weighted by atomic mass is 9.81. The van der Waals surface area contributed by atoms with Gasteiger partial charge in [-0.15, -0.1) is 0 Å². The first-order valence-corrected chi connectivity index (χ1v) is 9.72. The molecule has 0 fully saturated rings. The summed E-state index contributed by atoms with van der Waals surface area (Å²) in [6, 6.07) is 6.77. The van der Waals surface area contributed by atoms with Crippen molar-refractivity contribution in [2.45, 2.75) is 63.2 Å². The monoisotopic (exact) mass is 327 g/mol. The van der Waals surface area contributed by atoms with Crippen LogP contribution in [0.15, 0.2) is 29.2 Å². The molecule has 1 rings (SSSR count). The van der Waals surface area contributed by atoms with E-state index < -0.39 is 10.0 Å². The van der Waals surface area contributed by atoms with E-state index in [2.05, 4.69) is 13.8 Å². The summed E-state index contributed by atoms with van der Waals surface area (Å²) in [5.74, 6) is 0.0888. The molecule has 0 aliphatic rings. The van der Waals surface area contributed by atoms with Gasteiger partial charge < -0.3 is 5.11 Å². The van der Waals surface area contributed by atoms with Crippen molar-refractivity contribution in [1.29, 1.82) is 0 Å². The van der Waals surface area contributed by atoms with E-state index in [0.29, 0.717) is 5.56 Å².